The third-order valence-corrected chi connectivity index (χ3v) is 5.13. The van der Waals surface area contributed by atoms with Gasteiger partial charge in [-0.25, -0.2) is 0 Å². The zero-order valence-corrected chi connectivity index (χ0v) is 13.3. The van der Waals surface area contributed by atoms with Gasteiger partial charge in [0.15, 0.2) is 0 Å². The minimum Gasteiger partial charge on any atom is -0.387 e. The predicted octanol–water partition coefficient (Wildman–Crippen LogP) is 3.79. The van der Waals surface area contributed by atoms with E-state index in [1.165, 1.54) is 18.4 Å². The standard InChI is InChI=1S/C18H29NO/c1-5-16-8-10-17(11-9-16)18(20)15(4)19-12-6-7-13(2)14(19)3/h8-11,13-15,18,20H,5-7,12H2,1-4H3. The molecule has 0 radical (unpaired) electrons. The number of rotatable bonds is 4. The van der Waals surface area contributed by atoms with Gasteiger partial charge in [0.05, 0.1) is 6.10 Å². The number of nitrogens with zero attached hydrogens (tertiary/aromatic N) is 1. The number of aryl methyl sites for hydroxylation is 1. The lowest BCUT2D eigenvalue weighted by Crippen LogP contribution is -2.49. The molecule has 1 fully saturated rings. The Labute approximate surface area is 123 Å². The topological polar surface area (TPSA) is 23.5 Å². The lowest BCUT2D eigenvalue weighted by atomic mass is 9.89. The predicted molar refractivity (Wildman–Crippen MR) is 84.8 cm³/mol. The molecule has 0 aliphatic carbocycles. The largest absolute Gasteiger partial charge is 0.387 e. The van der Waals surface area contributed by atoms with Gasteiger partial charge in [-0.2, -0.15) is 0 Å². The van der Waals surface area contributed by atoms with Crippen molar-refractivity contribution in [2.24, 2.45) is 5.92 Å². The van der Waals surface area contributed by atoms with Gasteiger partial charge in [0.25, 0.3) is 0 Å². The fourth-order valence-electron chi connectivity index (χ4n) is 3.35. The van der Waals surface area contributed by atoms with E-state index in [4.69, 9.17) is 0 Å². The second-order valence-corrected chi connectivity index (χ2v) is 6.38. The molecule has 1 heterocycles. The first-order chi connectivity index (χ1) is 9.54. The van der Waals surface area contributed by atoms with Crippen LogP contribution in [0.15, 0.2) is 24.3 Å². The van der Waals surface area contributed by atoms with Crippen molar-refractivity contribution >= 4 is 0 Å². The average molecular weight is 275 g/mol. The van der Waals surface area contributed by atoms with Crippen LogP contribution in [0.1, 0.15) is 57.8 Å². The summed E-state index contributed by atoms with van der Waals surface area (Å²) >= 11 is 0. The highest BCUT2D eigenvalue weighted by Gasteiger charge is 2.31. The molecule has 1 saturated heterocycles. The molecule has 0 aromatic heterocycles. The highest BCUT2D eigenvalue weighted by molar-refractivity contribution is 5.25. The number of benzene rings is 1. The van der Waals surface area contributed by atoms with Crippen molar-refractivity contribution < 1.29 is 5.11 Å². The van der Waals surface area contributed by atoms with E-state index < -0.39 is 6.10 Å². The highest BCUT2D eigenvalue weighted by atomic mass is 16.3. The first kappa shape index (κ1) is 15.5. The molecule has 2 nitrogen and oxygen atoms in total. The van der Waals surface area contributed by atoms with E-state index in [0.717, 1.165) is 24.4 Å². The smallest absolute Gasteiger partial charge is 0.0942 e. The van der Waals surface area contributed by atoms with Gasteiger partial charge in [-0.05, 0) is 56.7 Å². The van der Waals surface area contributed by atoms with E-state index in [9.17, 15) is 5.11 Å². The fourth-order valence-corrected chi connectivity index (χ4v) is 3.35. The Kier molecular flexibility index (Phi) is 5.22. The van der Waals surface area contributed by atoms with Crippen molar-refractivity contribution in [1.82, 2.24) is 4.90 Å². The first-order valence-electron chi connectivity index (χ1n) is 8.07. The Hall–Kier alpha value is -0.860. The number of hydrogen-bond acceptors (Lipinski definition) is 2. The second kappa shape index (κ2) is 6.73. The van der Waals surface area contributed by atoms with Crippen LogP contribution < -0.4 is 0 Å². The van der Waals surface area contributed by atoms with Crippen LogP contribution in [0, 0.1) is 5.92 Å². The van der Waals surface area contributed by atoms with Crippen molar-refractivity contribution in [1.29, 1.82) is 0 Å². The second-order valence-electron chi connectivity index (χ2n) is 6.38. The molecule has 4 atom stereocenters. The van der Waals surface area contributed by atoms with Crippen LogP contribution in [0.2, 0.25) is 0 Å². The third kappa shape index (κ3) is 3.24. The monoisotopic (exact) mass is 275 g/mol. The molecule has 4 unspecified atom stereocenters. The molecule has 0 saturated carbocycles. The first-order valence-corrected chi connectivity index (χ1v) is 8.07. The Bertz CT molecular complexity index is 414. The van der Waals surface area contributed by atoms with E-state index in [0.29, 0.717) is 6.04 Å². The van der Waals surface area contributed by atoms with Crippen molar-refractivity contribution in [3.63, 3.8) is 0 Å². The lowest BCUT2D eigenvalue weighted by molar-refractivity contribution is 0.00291. The van der Waals surface area contributed by atoms with Crippen molar-refractivity contribution in [2.45, 2.75) is 65.1 Å². The van der Waals surface area contributed by atoms with Crippen LogP contribution in [0.4, 0.5) is 0 Å². The summed E-state index contributed by atoms with van der Waals surface area (Å²) in [5, 5.41) is 10.7. The Balaban J connectivity index is 2.08. The molecule has 0 bridgehead atoms. The van der Waals surface area contributed by atoms with Crippen LogP contribution in [0.3, 0.4) is 0 Å². The Morgan fingerprint density at radius 3 is 2.50 bits per heavy atom. The van der Waals surface area contributed by atoms with Crippen LogP contribution in [-0.4, -0.2) is 28.6 Å². The van der Waals surface area contributed by atoms with Gasteiger partial charge < -0.3 is 5.11 Å². The van der Waals surface area contributed by atoms with E-state index in [-0.39, 0.29) is 6.04 Å². The van der Waals surface area contributed by atoms with E-state index >= 15 is 0 Å². The summed E-state index contributed by atoms with van der Waals surface area (Å²) in [7, 11) is 0. The third-order valence-electron chi connectivity index (χ3n) is 5.13. The number of aliphatic hydroxyl groups excluding tert-OH is 1. The lowest BCUT2D eigenvalue weighted by Gasteiger charge is -2.43. The highest BCUT2D eigenvalue weighted by Crippen LogP contribution is 2.29. The summed E-state index contributed by atoms with van der Waals surface area (Å²) in [6.45, 7) is 10.0. The van der Waals surface area contributed by atoms with Crippen molar-refractivity contribution in [2.75, 3.05) is 6.54 Å². The van der Waals surface area contributed by atoms with Crippen LogP contribution in [0.25, 0.3) is 0 Å². The normalized spacial score (nSPS) is 27.2. The molecule has 2 rings (SSSR count). The van der Waals surface area contributed by atoms with Gasteiger partial charge in [0.2, 0.25) is 0 Å². The SMILES string of the molecule is CCc1ccc(C(O)C(C)N2CCCC(C)C2C)cc1. The molecular formula is C18H29NO. The zero-order chi connectivity index (χ0) is 14.7. The van der Waals surface area contributed by atoms with Gasteiger partial charge in [-0.1, -0.05) is 38.1 Å². The van der Waals surface area contributed by atoms with E-state index in [1.807, 2.05) is 0 Å². The zero-order valence-electron chi connectivity index (χ0n) is 13.3. The molecule has 20 heavy (non-hydrogen) atoms. The molecule has 1 aromatic carbocycles. The van der Waals surface area contributed by atoms with Crippen molar-refractivity contribution in [3.05, 3.63) is 35.4 Å². The van der Waals surface area contributed by atoms with Crippen LogP contribution in [0.5, 0.6) is 0 Å². The fraction of sp³-hybridized carbons (Fsp3) is 0.667. The average Bonchev–Trinajstić information content (AvgIpc) is 2.48. The maximum Gasteiger partial charge on any atom is 0.0942 e. The molecule has 0 spiro atoms. The Morgan fingerprint density at radius 1 is 1.25 bits per heavy atom. The molecule has 0 amide bonds. The van der Waals surface area contributed by atoms with Crippen LogP contribution >= 0.6 is 0 Å². The number of piperidine rings is 1. The number of aliphatic hydroxyl groups is 1. The van der Waals surface area contributed by atoms with Gasteiger partial charge in [-0.15, -0.1) is 0 Å². The maximum atomic E-state index is 10.7. The quantitative estimate of drug-likeness (QED) is 0.903. The molecule has 1 aliphatic rings. The summed E-state index contributed by atoms with van der Waals surface area (Å²) in [6.07, 6.45) is 3.21. The molecule has 1 N–H and O–H groups in total. The van der Waals surface area contributed by atoms with Gasteiger partial charge >= 0.3 is 0 Å². The number of hydrogen-bond donors (Lipinski definition) is 1. The number of likely N-dealkylation sites (tertiary alicyclic amines) is 1. The molecule has 1 aromatic rings. The molecule has 2 heteroatoms. The van der Waals surface area contributed by atoms with Crippen LogP contribution in [-0.2, 0) is 6.42 Å². The molecule has 1 aliphatic heterocycles. The summed E-state index contributed by atoms with van der Waals surface area (Å²) in [6, 6.07) is 9.17. The minimum absolute atomic E-state index is 0.181. The molecule has 112 valence electrons. The summed E-state index contributed by atoms with van der Waals surface area (Å²) in [5.41, 5.74) is 2.37. The molecular weight excluding hydrogens is 246 g/mol. The van der Waals surface area contributed by atoms with Crippen molar-refractivity contribution in [3.8, 4) is 0 Å². The minimum atomic E-state index is -0.395. The summed E-state index contributed by atoms with van der Waals surface area (Å²) in [5.74, 6) is 0.723. The Morgan fingerprint density at radius 2 is 1.90 bits per heavy atom. The van der Waals surface area contributed by atoms with Gasteiger partial charge in [0.1, 0.15) is 0 Å². The van der Waals surface area contributed by atoms with E-state index in [2.05, 4.69) is 56.9 Å². The van der Waals surface area contributed by atoms with Gasteiger partial charge in [0, 0.05) is 12.1 Å². The summed E-state index contributed by atoms with van der Waals surface area (Å²) < 4.78 is 0. The summed E-state index contributed by atoms with van der Waals surface area (Å²) in [4.78, 5) is 2.48. The van der Waals surface area contributed by atoms with E-state index in [1.54, 1.807) is 0 Å². The van der Waals surface area contributed by atoms with Gasteiger partial charge in [-0.3, -0.25) is 4.90 Å². The maximum absolute atomic E-state index is 10.7.